The Labute approximate surface area is 140 Å². The predicted octanol–water partition coefficient (Wildman–Crippen LogP) is 3.16. The lowest BCUT2D eigenvalue weighted by Crippen LogP contribution is -2.47. The molecule has 0 fully saturated rings. The maximum Gasteiger partial charge on any atom is 0.310 e. The van der Waals surface area contributed by atoms with Gasteiger partial charge in [-0.15, -0.1) is 0 Å². The van der Waals surface area contributed by atoms with Crippen molar-refractivity contribution in [3.63, 3.8) is 0 Å². The molecule has 0 aliphatic heterocycles. The first-order valence-electron chi connectivity index (χ1n) is 8.22. The second-order valence-corrected chi connectivity index (χ2v) is 6.36. The predicted molar refractivity (Wildman–Crippen MR) is 87.8 cm³/mol. The summed E-state index contributed by atoms with van der Waals surface area (Å²) in [6.07, 6.45) is 0. The first-order chi connectivity index (χ1) is 11.6. The first kappa shape index (κ1) is 14.9. The molecule has 0 amide bonds. The highest BCUT2D eigenvalue weighted by atomic mass is 16.5. The summed E-state index contributed by atoms with van der Waals surface area (Å²) in [5, 5.41) is 9.89. The standard InChI is InChI=1S/C20H18O4/c1-2-24-20(23)18-16-13-9-5-3-7-11(13)15(17(18)19(21)22)12-8-4-6-10-14(12)16/h3-10,15-18H,2H2,1H3,(H,21,22)/t15-,16-,17?,18?. The van der Waals surface area contributed by atoms with E-state index in [9.17, 15) is 14.7 Å². The molecule has 2 unspecified atom stereocenters. The van der Waals surface area contributed by atoms with Crippen LogP contribution < -0.4 is 0 Å². The van der Waals surface area contributed by atoms with E-state index in [1.807, 2.05) is 48.5 Å². The van der Waals surface area contributed by atoms with Gasteiger partial charge in [-0.2, -0.15) is 0 Å². The summed E-state index contributed by atoms with van der Waals surface area (Å²) in [5.41, 5.74) is 4.15. The molecule has 0 saturated heterocycles. The van der Waals surface area contributed by atoms with Crippen LogP contribution in [-0.2, 0) is 14.3 Å². The summed E-state index contributed by atoms with van der Waals surface area (Å²) in [4.78, 5) is 24.7. The number of carbonyl (C=O) groups excluding carboxylic acids is 1. The number of rotatable bonds is 3. The lowest BCUT2D eigenvalue weighted by molar-refractivity contribution is -0.160. The van der Waals surface area contributed by atoms with Crippen molar-refractivity contribution in [2.24, 2.45) is 11.8 Å². The van der Waals surface area contributed by atoms with Gasteiger partial charge in [0.2, 0.25) is 0 Å². The highest BCUT2D eigenvalue weighted by Crippen LogP contribution is 2.58. The maximum absolute atomic E-state index is 12.6. The second-order valence-electron chi connectivity index (χ2n) is 6.36. The largest absolute Gasteiger partial charge is 0.481 e. The molecule has 0 heterocycles. The molecule has 4 heteroatoms. The molecular formula is C20H18O4. The highest BCUT2D eigenvalue weighted by Gasteiger charge is 2.55. The number of carboxylic acids is 1. The average Bonchev–Trinajstić information content (AvgIpc) is 2.61. The topological polar surface area (TPSA) is 63.6 Å². The fourth-order valence-electron chi connectivity index (χ4n) is 4.50. The number of hydrogen-bond acceptors (Lipinski definition) is 3. The van der Waals surface area contributed by atoms with Crippen molar-refractivity contribution in [1.29, 1.82) is 0 Å². The van der Waals surface area contributed by atoms with Gasteiger partial charge < -0.3 is 9.84 Å². The Bertz CT molecular complexity index is 778. The summed E-state index contributed by atoms with van der Waals surface area (Å²) in [6, 6.07) is 15.7. The van der Waals surface area contributed by atoms with Crippen LogP contribution in [0.2, 0.25) is 0 Å². The zero-order valence-corrected chi connectivity index (χ0v) is 13.3. The molecule has 0 saturated carbocycles. The first-order valence-corrected chi connectivity index (χ1v) is 8.22. The van der Waals surface area contributed by atoms with E-state index in [0.717, 1.165) is 22.3 Å². The monoisotopic (exact) mass is 322 g/mol. The Kier molecular flexibility index (Phi) is 3.41. The second kappa shape index (κ2) is 5.48. The van der Waals surface area contributed by atoms with Crippen LogP contribution in [0.25, 0.3) is 0 Å². The summed E-state index contributed by atoms with van der Waals surface area (Å²) in [7, 11) is 0. The minimum Gasteiger partial charge on any atom is -0.481 e. The van der Waals surface area contributed by atoms with Crippen LogP contribution in [0.1, 0.15) is 41.0 Å². The van der Waals surface area contributed by atoms with Crippen molar-refractivity contribution in [3.05, 3.63) is 70.8 Å². The number of carboxylic acid groups (broad SMARTS) is 1. The number of benzene rings is 2. The number of hydrogen-bond donors (Lipinski definition) is 1. The number of fused-ring (bicyclic) bond motifs is 1. The van der Waals surface area contributed by atoms with E-state index in [1.54, 1.807) is 6.92 Å². The van der Waals surface area contributed by atoms with Gasteiger partial charge in [0.1, 0.15) is 0 Å². The molecule has 0 aromatic heterocycles. The summed E-state index contributed by atoms with van der Waals surface area (Å²) in [6.45, 7) is 2.00. The van der Waals surface area contributed by atoms with E-state index >= 15 is 0 Å². The van der Waals surface area contributed by atoms with E-state index in [2.05, 4.69) is 0 Å². The van der Waals surface area contributed by atoms with Crippen LogP contribution >= 0.6 is 0 Å². The molecule has 3 aliphatic carbocycles. The van der Waals surface area contributed by atoms with Crippen LogP contribution in [0, 0.1) is 11.8 Å². The zero-order valence-electron chi connectivity index (χ0n) is 13.3. The smallest absolute Gasteiger partial charge is 0.310 e. The van der Waals surface area contributed by atoms with E-state index in [-0.39, 0.29) is 18.4 Å². The van der Waals surface area contributed by atoms with Gasteiger partial charge >= 0.3 is 11.9 Å². The minimum absolute atomic E-state index is 0.252. The van der Waals surface area contributed by atoms with Crippen LogP contribution in [0.5, 0.6) is 0 Å². The lowest BCUT2D eigenvalue weighted by Gasteiger charge is -2.47. The summed E-state index contributed by atoms with van der Waals surface area (Å²) >= 11 is 0. The summed E-state index contributed by atoms with van der Waals surface area (Å²) in [5.74, 6) is -3.40. The Balaban J connectivity index is 1.98. The van der Waals surface area contributed by atoms with E-state index < -0.39 is 23.8 Å². The lowest BCUT2D eigenvalue weighted by atomic mass is 9.54. The molecule has 3 aliphatic rings. The third-order valence-electron chi connectivity index (χ3n) is 5.28. The number of carbonyl (C=O) groups is 2. The Hall–Kier alpha value is -2.62. The van der Waals surface area contributed by atoms with Gasteiger partial charge in [-0.3, -0.25) is 9.59 Å². The third-order valence-corrected chi connectivity index (χ3v) is 5.28. The molecule has 5 rings (SSSR count). The van der Waals surface area contributed by atoms with Crippen molar-refractivity contribution in [1.82, 2.24) is 0 Å². The van der Waals surface area contributed by atoms with E-state index in [1.165, 1.54) is 0 Å². The Morgan fingerprint density at radius 1 is 0.875 bits per heavy atom. The minimum atomic E-state index is -0.938. The normalized spacial score (nSPS) is 26.4. The van der Waals surface area contributed by atoms with Crippen molar-refractivity contribution < 1.29 is 19.4 Å². The van der Waals surface area contributed by atoms with Crippen molar-refractivity contribution >= 4 is 11.9 Å². The molecule has 24 heavy (non-hydrogen) atoms. The van der Waals surface area contributed by atoms with Gasteiger partial charge in [0.25, 0.3) is 0 Å². The molecule has 2 aromatic carbocycles. The van der Waals surface area contributed by atoms with Gasteiger partial charge in [0, 0.05) is 11.8 Å². The van der Waals surface area contributed by atoms with Crippen molar-refractivity contribution in [2.45, 2.75) is 18.8 Å². The van der Waals surface area contributed by atoms with Gasteiger partial charge in [-0.25, -0.2) is 0 Å². The molecule has 0 spiro atoms. The molecule has 1 N–H and O–H groups in total. The van der Waals surface area contributed by atoms with Crippen molar-refractivity contribution in [2.75, 3.05) is 6.61 Å². The third kappa shape index (κ3) is 1.92. The van der Waals surface area contributed by atoms with E-state index in [4.69, 9.17) is 4.74 Å². The molecule has 2 bridgehead atoms. The highest BCUT2D eigenvalue weighted by molar-refractivity contribution is 5.87. The Morgan fingerprint density at radius 2 is 1.29 bits per heavy atom. The van der Waals surface area contributed by atoms with Crippen LogP contribution in [-0.4, -0.2) is 23.7 Å². The zero-order chi connectivity index (χ0) is 16.8. The van der Waals surface area contributed by atoms with Gasteiger partial charge in [0.05, 0.1) is 18.4 Å². The SMILES string of the molecule is CCOC(=O)C1C(C(=O)O)[C@H]2c3ccccc3[C@H]1c1ccccc12. The van der Waals surface area contributed by atoms with Crippen LogP contribution in [0.4, 0.5) is 0 Å². The quantitative estimate of drug-likeness (QED) is 0.882. The van der Waals surface area contributed by atoms with E-state index in [0.29, 0.717) is 0 Å². The average molecular weight is 322 g/mol. The molecule has 2 atom stereocenters. The Morgan fingerprint density at radius 3 is 1.67 bits per heavy atom. The molecule has 2 aromatic rings. The molecular weight excluding hydrogens is 304 g/mol. The fraction of sp³-hybridized carbons (Fsp3) is 0.300. The number of aliphatic carboxylic acids is 1. The molecule has 4 nitrogen and oxygen atoms in total. The van der Waals surface area contributed by atoms with Crippen LogP contribution in [0.3, 0.4) is 0 Å². The van der Waals surface area contributed by atoms with Gasteiger partial charge in [-0.05, 0) is 29.2 Å². The molecule has 122 valence electrons. The summed E-state index contributed by atoms with van der Waals surface area (Å²) < 4.78 is 5.24. The maximum atomic E-state index is 12.6. The van der Waals surface area contributed by atoms with Gasteiger partial charge in [0.15, 0.2) is 0 Å². The van der Waals surface area contributed by atoms with Gasteiger partial charge in [-0.1, -0.05) is 48.5 Å². The number of esters is 1. The van der Waals surface area contributed by atoms with Crippen LogP contribution in [0.15, 0.2) is 48.5 Å². The molecule has 0 radical (unpaired) electrons. The number of ether oxygens (including phenoxy) is 1. The fourth-order valence-corrected chi connectivity index (χ4v) is 4.50. The van der Waals surface area contributed by atoms with Crippen molar-refractivity contribution in [3.8, 4) is 0 Å².